The quantitative estimate of drug-likeness (QED) is 0.710. The van der Waals surface area contributed by atoms with Crippen LogP contribution in [0, 0.1) is 19.8 Å². The highest BCUT2D eigenvalue weighted by Gasteiger charge is 2.24. The fourth-order valence-electron chi connectivity index (χ4n) is 2.98. The van der Waals surface area contributed by atoms with Gasteiger partial charge in [0.1, 0.15) is 0 Å². The first-order valence-electron chi connectivity index (χ1n) is 7.74. The summed E-state index contributed by atoms with van der Waals surface area (Å²) in [4.78, 5) is 12.5. The summed E-state index contributed by atoms with van der Waals surface area (Å²) in [7, 11) is 0. The molecule has 0 saturated heterocycles. The minimum atomic E-state index is 0.0763. The fraction of sp³-hybridized carbons (Fsp3) is 0.611. The van der Waals surface area contributed by atoms with Crippen LogP contribution >= 0.6 is 11.8 Å². The minimum Gasteiger partial charge on any atom is -0.293 e. The van der Waals surface area contributed by atoms with Crippen molar-refractivity contribution >= 4 is 17.5 Å². The summed E-state index contributed by atoms with van der Waals surface area (Å²) in [6, 6.07) is 6.08. The van der Waals surface area contributed by atoms with Crippen molar-refractivity contribution in [1.82, 2.24) is 0 Å². The van der Waals surface area contributed by atoms with Crippen molar-refractivity contribution in [3.8, 4) is 0 Å². The molecule has 1 nitrogen and oxygen atoms in total. The monoisotopic (exact) mass is 290 g/mol. The summed E-state index contributed by atoms with van der Waals surface area (Å²) in [5.74, 6) is 1.11. The Balaban J connectivity index is 1.99. The topological polar surface area (TPSA) is 17.1 Å². The van der Waals surface area contributed by atoms with Crippen molar-refractivity contribution in [3.63, 3.8) is 0 Å². The number of Topliss-reactive ketones (excluding diaryl/α,β-unsaturated/α-hetero) is 1. The summed E-state index contributed by atoms with van der Waals surface area (Å²) in [6.45, 7) is 8.57. The molecule has 1 aromatic carbocycles. The molecule has 3 atom stereocenters. The van der Waals surface area contributed by atoms with E-state index in [4.69, 9.17) is 0 Å². The molecule has 1 aromatic rings. The van der Waals surface area contributed by atoms with Crippen LogP contribution in [-0.4, -0.2) is 16.3 Å². The maximum absolute atomic E-state index is 12.5. The van der Waals surface area contributed by atoms with Gasteiger partial charge in [0.2, 0.25) is 0 Å². The zero-order valence-corrected chi connectivity index (χ0v) is 13.9. The maximum atomic E-state index is 12.5. The van der Waals surface area contributed by atoms with E-state index < -0.39 is 0 Å². The average molecular weight is 290 g/mol. The number of ketones is 1. The van der Waals surface area contributed by atoms with E-state index in [9.17, 15) is 4.79 Å². The van der Waals surface area contributed by atoms with Gasteiger partial charge in [-0.1, -0.05) is 31.9 Å². The molecule has 0 aromatic heterocycles. The Labute approximate surface area is 127 Å². The smallest absolute Gasteiger partial charge is 0.175 e. The molecule has 1 aliphatic carbocycles. The van der Waals surface area contributed by atoms with Crippen LogP contribution in [0.25, 0.3) is 0 Å². The van der Waals surface area contributed by atoms with Gasteiger partial charge in [-0.2, -0.15) is 0 Å². The standard InChI is InChI=1S/C18H26OS/c1-12-6-5-7-17(10-12)20-15(4)18(19)16-9-8-13(2)14(3)11-16/h8-9,11-12,15,17H,5-7,10H2,1-4H3. The van der Waals surface area contributed by atoms with E-state index in [1.807, 2.05) is 23.9 Å². The second kappa shape index (κ2) is 6.80. The molecule has 110 valence electrons. The second-order valence-electron chi connectivity index (χ2n) is 6.34. The van der Waals surface area contributed by atoms with E-state index in [-0.39, 0.29) is 11.0 Å². The minimum absolute atomic E-state index is 0.0763. The molecule has 0 heterocycles. The summed E-state index contributed by atoms with van der Waals surface area (Å²) in [6.07, 6.45) is 5.23. The number of rotatable bonds is 4. The van der Waals surface area contributed by atoms with E-state index in [2.05, 4.69) is 33.8 Å². The first-order chi connectivity index (χ1) is 9.47. The van der Waals surface area contributed by atoms with Gasteiger partial charge in [-0.15, -0.1) is 11.8 Å². The largest absolute Gasteiger partial charge is 0.293 e. The molecule has 0 spiro atoms. The summed E-state index contributed by atoms with van der Waals surface area (Å²) >= 11 is 1.89. The molecular formula is C18H26OS. The lowest BCUT2D eigenvalue weighted by molar-refractivity contribution is 0.0993. The Bertz CT molecular complexity index is 480. The Morgan fingerprint density at radius 2 is 2.00 bits per heavy atom. The number of hydrogen-bond donors (Lipinski definition) is 0. The number of benzene rings is 1. The van der Waals surface area contributed by atoms with Crippen LogP contribution in [0.1, 0.15) is 61.0 Å². The molecule has 0 aliphatic heterocycles. The third-order valence-electron chi connectivity index (χ3n) is 4.45. The summed E-state index contributed by atoms with van der Waals surface area (Å²) in [5.41, 5.74) is 3.33. The van der Waals surface area contributed by atoms with Crippen molar-refractivity contribution in [1.29, 1.82) is 0 Å². The van der Waals surface area contributed by atoms with Crippen LogP contribution in [0.2, 0.25) is 0 Å². The highest BCUT2D eigenvalue weighted by atomic mass is 32.2. The van der Waals surface area contributed by atoms with Gasteiger partial charge in [0, 0.05) is 10.8 Å². The van der Waals surface area contributed by atoms with Gasteiger partial charge in [0.05, 0.1) is 5.25 Å². The van der Waals surface area contributed by atoms with E-state index in [0.717, 1.165) is 11.5 Å². The molecule has 3 unspecified atom stereocenters. The Morgan fingerprint density at radius 1 is 1.25 bits per heavy atom. The van der Waals surface area contributed by atoms with E-state index >= 15 is 0 Å². The Morgan fingerprint density at radius 3 is 2.65 bits per heavy atom. The van der Waals surface area contributed by atoms with Gasteiger partial charge in [0.25, 0.3) is 0 Å². The predicted octanol–water partition coefficient (Wildman–Crippen LogP) is 5.19. The maximum Gasteiger partial charge on any atom is 0.175 e. The molecule has 0 N–H and O–H groups in total. The molecule has 1 saturated carbocycles. The van der Waals surface area contributed by atoms with Crippen LogP contribution in [-0.2, 0) is 0 Å². The second-order valence-corrected chi connectivity index (χ2v) is 7.98. The van der Waals surface area contributed by atoms with E-state index in [0.29, 0.717) is 5.25 Å². The van der Waals surface area contributed by atoms with Crippen molar-refractivity contribution in [2.75, 3.05) is 0 Å². The van der Waals surface area contributed by atoms with Crippen molar-refractivity contribution in [2.24, 2.45) is 5.92 Å². The molecular weight excluding hydrogens is 264 g/mol. The first-order valence-corrected chi connectivity index (χ1v) is 8.68. The zero-order valence-electron chi connectivity index (χ0n) is 13.1. The number of hydrogen-bond acceptors (Lipinski definition) is 2. The summed E-state index contributed by atoms with van der Waals surface area (Å²) < 4.78 is 0. The molecule has 0 radical (unpaired) electrons. The predicted molar refractivity (Wildman–Crippen MR) is 88.7 cm³/mol. The molecule has 0 bridgehead atoms. The van der Waals surface area contributed by atoms with Crippen LogP contribution in [0.3, 0.4) is 0 Å². The fourth-order valence-corrected chi connectivity index (χ4v) is 4.56. The normalized spacial score (nSPS) is 24.4. The highest BCUT2D eigenvalue weighted by Crippen LogP contribution is 2.35. The number of thioether (sulfide) groups is 1. The molecule has 1 fully saturated rings. The third-order valence-corrected chi connectivity index (χ3v) is 5.88. The van der Waals surface area contributed by atoms with Crippen LogP contribution in [0.4, 0.5) is 0 Å². The molecule has 2 rings (SSSR count). The van der Waals surface area contributed by atoms with Crippen molar-refractivity contribution in [3.05, 3.63) is 34.9 Å². The van der Waals surface area contributed by atoms with Crippen LogP contribution in [0.5, 0.6) is 0 Å². The van der Waals surface area contributed by atoms with Gasteiger partial charge in [-0.05, 0) is 56.7 Å². The van der Waals surface area contributed by atoms with Crippen molar-refractivity contribution in [2.45, 2.75) is 63.9 Å². The average Bonchev–Trinajstić information content (AvgIpc) is 2.41. The van der Waals surface area contributed by atoms with Crippen LogP contribution < -0.4 is 0 Å². The number of carbonyl (C=O) groups excluding carboxylic acids is 1. The van der Waals surface area contributed by atoms with E-state index in [1.54, 1.807) is 0 Å². The van der Waals surface area contributed by atoms with Gasteiger partial charge >= 0.3 is 0 Å². The third kappa shape index (κ3) is 3.88. The highest BCUT2D eigenvalue weighted by molar-refractivity contribution is 8.01. The van der Waals surface area contributed by atoms with Gasteiger partial charge in [0.15, 0.2) is 5.78 Å². The first kappa shape index (κ1) is 15.6. The van der Waals surface area contributed by atoms with Crippen LogP contribution in [0.15, 0.2) is 18.2 Å². The molecule has 20 heavy (non-hydrogen) atoms. The SMILES string of the molecule is Cc1ccc(C(=O)C(C)SC2CCCC(C)C2)cc1C. The number of carbonyl (C=O) groups is 1. The number of aryl methyl sites for hydroxylation is 2. The lowest BCUT2D eigenvalue weighted by atomic mass is 9.91. The molecule has 2 heteroatoms. The summed E-state index contributed by atoms with van der Waals surface area (Å²) in [5, 5.41) is 0.747. The van der Waals surface area contributed by atoms with E-state index in [1.165, 1.54) is 36.8 Å². The van der Waals surface area contributed by atoms with Gasteiger partial charge in [-0.25, -0.2) is 0 Å². The Hall–Kier alpha value is -0.760. The van der Waals surface area contributed by atoms with Crippen molar-refractivity contribution < 1.29 is 4.79 Å². The van der Waals surface area contributed by atoms with Gasteiger partial charge in [-0.3, -0.25) is 4.79 Å². The lowest BCUT2D eigenvalue weighted by Gasteiger charge is -2.28. The van der Waals surface area contributed by atoms with Gasteiger partial charge < -0.3 is 0 Å². The molecule has 1 aliphatic rings. The Kier molecular flexibility index (Phi) is 5.31. The lowest BCUT2D eigenvalue weighted by Crippen LogP contribution is -2.22. The zero-order chi connectivity index (χ0) is 14.7. The molecule has 0 amide bonds.